The highest BCUT2D eigenvalue weighted by Crippen LogP contribution is 2.20. The van der Waals surface area contributed by atoms with Gasteiger partial charge >= 0.3 is 0 Å². The number of rotatable bonds is 7. The van der Waals surface area contributed by atoms with Gasteiger partial charge in [0.2, 0.25) is 10.0 Å². The first-order valence-electron chi connectivity index (χ1n) is 5.71. The largest absolute Gasteiger partial charge is 0.384 e. The van der Waals surface area contributed by atoms with Crippen molar-refractivity contribution in [3.05, 3.63) is 0 Å². The minimum absolute atomic E-state index is 0.244. The van der Waals surface area contributed by atoms with Crippen LogP contribution in [0, 0.1) is 5.92 Å². The maximum Gasteiger partial charge on any atom is 0.214 e. The predicted molar refractivity (Wildman–Crippen MR) is 63.9 cm³/mol. The van der Waals surface area contributed by atoms with Gasteiger partial charge in [-0.3, -0.25) is 0 Å². The second-order valence-electron chi connectivity index (χ2n) is 4.24. The van der Waals surface area contributed by atoms with Crippen LogP contribution in [-0.4, -0.2) is 58.9 Å². The number of hydrogen-bond acceptors (Lipinski definition) is 4. The first-order valence-corrected chi connectivity index (χ1v) is 7.32. The molecule has 0 aromatic carbocycles. The maximum absolute atomic E-state index is 11.9. The van der Waals surface area contributed by atoms with Crippen LogP contribution in [0.25, 0.3) is 0 Å². The molecule has 5 nitrogen and oxygen atoms in total. The van der Waals surface area contributed by atoms with Gasteiger partial charge in [-0.1, -0.05) is 0 Å². The van der Waals surface area contributed by atoms with E-state index in [1.165, 1.54) is 0 Å². The standard InChI is InChI=1S/C10H22N2O3S/c1-11-5-3-7-16(13,14)12-6-4-10(8-12)9-15-2/h10-11H,3-9H2,1-2H3. The van der Waals surface area contributed by atoms with Gasteiger partial charge in [-0.25, -0.2) is 12.7 Å². The summed E-state index contributed by atoms with van der Waals surface area (Å²) >= 11 is 0. The van der Waals surface area contributed by atoms with E-state index in [0.29, 0.717) is 32.0 Å². The molecule has 0 spiro atoms. The van der Waals surface area contributed by atoms with Crippen molar-refractivity contribution in [1.29, 1.82) is 0 Å². The van der Waals surface area contributed by atoms with Crippen molar-refractivity contribution in [2.45, 2.75) is 12.8 Å². The predicted octanol–water partition coefficient (Wildman–Crippen LogP) is -0.106. The Morgan fingerprint density at radius 1 is 1.50 bits per heavy atom. The van der Waals surface area contributed by atoms with Crippen LogP contribution in [-0.2, 0) is 14.8 Å². The summed E-state index contributed by atoms with van der Waals surface area (Å²) in [4.78, 5) is 0. The van der Waals surface area contributed by atoms with Crippen molar-refractivity contribution in [1.82, 2.24) is 9.62 Å². The highest BCUT2D eigenvalue weighted by molar-refractivity contribution is 7.89. The van der Waals surface area contributed by atoms with Crippen molar-refractivity contribution in [2.75, 3.05) is 46.2 Å². The number of nitrogens with one attached hydrogen (secondary N) is 1. The van der Waals surface area contributed by atoms with Crippen LogP contribution in [0.1, 0.15) is 12.8 Å². The molecule has 1 N–H and O–H groups in total. The molecule has 1 unspecified atom stereocenters. The van der Waals surface area contributed by atoms with Crippen LogP contribution in [0.5, 0.6) is 0 Å². The van der Waals surface area contributed by atoms with Crippen LogP contribution in [0.4, 0.5) is 0 Å². The Hall–Kier alpha value is -0.170. The van der Waals surface area contributed by atoms with Crippen LogP contribution in [0.3, 0.4) is 0 Å². The number of ether oxygens (including phenoxy) is 1. The van der Waals surface area contributed by atoms with E-state index in [0.717, 1.165) is 13.0 Å². The van der Waals surface area contributed by atoms with Gasteiger partial charge in [0.1, 0.15) is 0 Å². The molecule has 0 saturated carbocycles. The Bertz CT molecular complexity index is 292. The van der Waals surface area contributed by atoms with Gasteiger partial charge in [-0.15, -0.1) is 0 Å². The lowest BCUT2D eigenvalue weighted by molar-refractivity contribution is 0.157. The second-order valence-corrected chi connectivity index (χ2v) is 6.33. The number of hydrogen-bond donors (Lipinski definition) is 1. The topological polar surface area (TPSA) is 58.6 Å². The van der Waals surface area contributed by atoms with Gasteiger partial charge in [0.15, 0.2) is 0 Å². The molecule has 0 aromatic heterocycles. The third kappa shape index (κ3) is 4.01. The van der Waals surface area contributed by atoms with Gasteiger partial charge in [0.25, 0.3) is 0 Å². The van der Waals surface area contributed by atoms with Crippen LogP contribution >= 0.6 is 0 Å². The lowest BCUT2D eigenvalue weighted by Crippen LogP contribution is -2.32. The first-order chi connectivity index (χ1) is 7.60. The molecule has 0 aromatic rings. The van der Waals surface area contributed by atoms with Gasteiger partial charge in [0, 0.05) is 20.2 Å². The number of methoxy groups -OCH3 is 1. The monoisotopic (exact) mass is 250 g/mol. The average molecular weight is 250 g/mol. The van der Waals surface area contributed by atoms with Crippen molar-refractivity contribution in [3.8, 4) is 0 Å². The summed E-state index contributed by atoms with van der Waals surface area (Å²) in [5.74, 6) is 0.608. The number of nitrogens with zero attached hydrogens (tertiary/aromatic N) is 1. The maximum atomic E-state index is 11.9. The molecule has 1 aliphatic rings. The summed E-state index contributed by atoms with van der Waals surface area (Å²) in [5.41, 5.74) is 0. The van der Waals surface area contributed by atoms with Gasteiger partial charge in [-0.05, 0) is 32.4 Å². The average Bonchev–Trinajstić information content (AvgIpc) is 2.68. The third-order valence-corrected chi connectivity index (χ3v) is 4.80. The van der Waals surface area contributed by atoms with Crippen molar-refractivity contribution in [2.24, 2.45) is 5.92 Å². The third-order valence-electron chi connectivity index (χ3n) is 2.87. The van der Waals surface area contributed by atoms with E-state index in [1.54, 1.807) is 11.4 Å². The fraction of sp³-hybridized carbons (Fsp3) is 1.00. The Morgan fingerprint density at radius 3 is 2.88 bits per heavy atom. The van der Waals surface area contributed by atoms with E-state index in [4.69, 9.17) is 4.74 Å². The van der Waals surface area contributed by atoms with Crippen molar-refractivity contribution in [3.63, 3.8) is 0 Å². The quantitative estimate of drug-likeness (QED) is 0.641. The SMILES string of the molecule is CNCCCS(=O)(=O)N1CCC(COC)C1. The summed E-state index contributed by atoms with van der Waals surface area (Å²) in [7, 11) is 0.442. The van der Waals surface area contributed by atoms with Gasteiger partial charge in [-0.2, -0.15) is 0 Å². The lowest BCUT2D eigenvalue weighted by atomic mass is 10.1. The molecule has 0 amide bonds. The van der Waals surface area contributed by atoms with Crippen LogP contribution in [0.15, 0.2) is 0 Å². The highest BCUT2D eigenvalue weighted by atomic mass is 32.2. The summed E-state index contributed by atoms with van der Waals surface area (Å²) in [6.45, 7) is 2.67. The summed E-state index contributed by atoms with van der Waals surface area (Å²) < 4.78 is 30.5. The molecule has 0 bridgehead atoms. The molecule has 1 atom stereocenters. The Morgan fingerprint density at radius 2 is 2.25 bits per heavy atom. The van der Waals surface area contributed by atoms with Crippen molar-refractivity contribution < 1.29 is 13.2 Å². The molecule has 16 heavy (non-hydrogen) atoms. The Kier molecular flexibility index (Phi) is 5.68. The van der Waals surface area contributed by atoms with E-state index in [-0.39, 0.29) is 5.75 Å². The normalized spacial score (nSPS) is 22.8. The fourth-order valence-corrected chi connectivity index (χ4v) is 3.57. The summed E-state index contributed by atoms with van der Waals surface area (Å²) in [5, 5.41) is 2.96. The lowest BCUT2D eigenvalue weighted by Gasteiger charge is -2.16. The molecule has 96 valence electrons. The molecule has 1 saturated heterocycles. The Balaban J connectivity index is 2.39. The van der Waals surface area contributed by atoms with Crippen LogP contribution in [0.2, 0.25) is 0 Å². The molecule has 0 aliphatic carbocycles. The zero-order valence-electron chi connectivity index (χ0n) is 10.1. The molecule has 1 heterocycles. The minimum atomic E-state index is -3.05. The number of sulfonamides is 1. The summed E-state index contributed by atoms with van der Waals surface area (Å²) in [6.07, 6.45) is 1.59. The molecule has 0 radical (unpaired) electrons. The zero-order valence-corrected chi connectivity index (χ0v) is 10.9. The van der Waals surface area contributed by atoms with E-state index in [1.807, 2.05) is 7.05 Å². The van der Waals surface area contributed by atoms with E-state index < -0.39 is 10.0 Å². The highest BCUT2D eigenvalue weighted by Gasteiger charge is 2.30. The zero-order chi connectivity index (χ0) is 12.0. The van der Waals surface area contributed by atoms with E-state index in [2.05, 4.69) is 5.32 Å². The fourth-order valence-electron chi connectivity index (χ4n) is 1.98. The molecule has 1 rings (SSSR count). The minimum Gasteiger partial charge on any atom is -0.384 e. The molecular weight excluding hydrogens is 228 g/mol. The van der Waals surface area contributed by atoms with Gasteiger partial charge < -0.3 is 10.1 Å². The molecular formula is C10H22N2O3S. The molecule has 1 aliphatic heterocycles. The Labute approximate surface area is 98.2 Å². The second kappa shape index (κ2) is 6.54. The molecule has 1 fully saturated rings. The molecule has 6 heteroatoms. The van der Waals surface area contributed by atoms with Crippen molar-refractivity contribution >= 4 is 10.0 Å². The smallest absolute Gasteiger partial charge is 0.214 e. The van der Waals surface area contributed by atoms with E-state index in [9.17, 15) is 8.42 Å². The van der Waals surface area contributed by atoms with E-state index >= 15 is 0 Å². The summed E-state index contributed by atoms with van der Waals surface area (Å²) in [6, 6.07) is 0. The van der Waals surface area contributed by atoms with Gasteiger partial charge in [0.05, 0.1) is 12.4 Å². The van der Waals surface area contributed by atoms with Crippen LogP contribution < -0.4 is 5.32 Å². The first kappa shape index (κ1) is 13.9.